The summed E-state index contributed by atoms with van der Waals surface area (Å²) in [5, 5.41) is 6.91. The van der Waals surface area contributed by atoms with Gasteiger partial charge in [0.25, 0.3) is 5.91 Å². The summed E-state index contributed by atoms with van der Waals surface area (Å²) in [5.41, 5.74) is 1.31. The Morgan fingerprint density at radius 1 is 1.18 bits per heavy atom. The predicted molar refractivity (Wildman–Crippen MR) is 79.9 cm³/mol. The first-order valence-corrected chi connectivity index (χ1v) is 6.70. The molecule has 0 radical (unpaired) electrons. The van der Waals surface area contributed by atoms with Crippen LogP contribution in [0.25, 0.3) is 0 Å². The summed E-state index contributed by atoms with van der Waals surface area (Å²) in [7, 11) is 0. The molecule has 0 unspecified atom stereocenters. The highest BCUT2D eigenvalue weighted by Gasteiger charge is 2.08. The van der Waals surface area contributed by atoms with Crippen LogP contribution >= 0.6 is 0 Å². The van der Waals surface area contributed by atoms with E-state index in [-0.39, 0.29) is 5.56 Å². The Bertz CT molecular complexity index is 786. The number of rotatable bonds is 4. The topological polar surface area (TPSA) is 59.8 Å². The van der Waals surface area contributed by atoms with Crippen molar-refractivity contribution in [2.45, 2.75) is 6.54 Å². The quantitative estimate of drug-likeness (QED) is 0.805. The van der Waals surface area contributed by atoms with E-state index in [9.17, 15) is 9.18 Å². The number of amides is 1. The average molecular weight is 296 g/mol. The van der Waals surface area contributed by atoms with Crippen LogP contribution in [0.4, 0.5) is 10.2 Å². The SMILES string of the molecule is O=C(Nc1ccn(Cc2ccncc2)n1)c1cccc(F)c1. The number of benzene rings is 1. The van der Waals surface area contributed by atoms with Gasteiger partial charge >= 0.3 is 0 Å². The number of nitrogens with zero attached hydrogens (tertiary/aromatic N) is 3. The smallest absolute Gasteiger partial charge is 0.256 e. The Kier molecular flexibility index (Phi) is 3.91. The molecular formula is C16H13FN4O. The summed E-state index contributed by atoms with van der Waals surface area (Å²) < 4.78 is 14.8. The van der Waals surface area contributed by atoms with Crippen LogP contribution in [0, 0.1) is 5.82 Å². The minimum absolute atomic E-state index is 0.253. The van der Waals surface area contributed by atoms with Crippen molar-refractivity contribution in [3.05, 3.63) is 78.0 Å². The molecule has 2 aromatic heterocycles. The van der Waals surface area contributed by atoms with E-state index in [2.05, 4.69) is 15.4 Å². The summed E-state index contributed by atoms with van der Waals surface area (Å²) in [6.07, 6.45) is 5.19. The van der Waals surface area contributed by atoms with Crippen LogP contribution in [0.2, 0.25) is 0 Å². The van der Waals surface area contributed by atoms with E-state index < -0.39 is 11.7 Å². The number of aromatic nitrogens is 3. The Labute approximate surface area is 126 Å². The first kappa shape index (κ1) is 13.9. The number of carbonyl (C=O) groups is 1. The van der Waals surface area contributed by atoms with E-state index in [0.29, 0.717) is 12.4 Å². The van der Waals surface area contributed by atoms with Gasteiger partial charge < -0.3 is 5.32 Å². The summed E-state index contributed by atoms with van der Waals surface area (Å²) in [6.45, 7) is 0.582. The maximum atomic E-state index is 13.1. The van der Waals surface area contributed by atoms with Crippen molar-refractivity contribution in [2.75, 3.05) is 5.32 Å². The van der Waals surface area contributed by atoms with Crippen LogP contribution in [0.1, 0.15) is 15.9 Å². The normalized spacial score (nSPS) is 10.4. The van der Waals surface area contributed by atoms with E-state index in [4.69, 9.17) is 0 Å². The summed E-state index contributed by atoms with van der Waals surface area (Å²) >= 11 is 0. The van der Waals surface area contributed by atoms with Crippen molar-refractivity contribution >= 4 is 11.7 Å². The lowest BCUT2D eigenvalue weighted by molar-refractivity contribution is 0.102. The lowest BCUT2D eigenvalue weighted by Crippen LogP contribution is -2.13. The zero-order valence-corrected chi connectivity index (χ0v) is 11.6. The average Bonchev–Trinajstić information content (AvgIpc) is 2.95. The number of carbonyl (C=O) groups excluding carboxylic acids is 1. The molecule has 5 nitrogen and oxygen atoms in total. The Morgan fingerprint density at radius 3 is 2.77 bits per heavy atom. The fourth-order valence-electron chi connectivity index (χ4n) is 2.01. The lowest BCUT2D eigenvalue weighted by atomic mass is 10.2. The van der Waals surface area contributed by atoms with E-state index in [0.717, 1.165) is 5.56 Å². The molecule has 1 aromatic carbocycles. The van der Waals surface area contributed by atoms with Gasteiger partial charge in [-0.1, -0.05) is 6.07 Å². The molecule has 0 aliphatic carbocycles. The van der Waals surface area contributed by atoms with Gasteiger partial charge in [-0.05, 0) is 35.9 Å². The highest BCUT2D eigenvalue weighted by molar-refractivity contribution is 6.03. The van der Waals surface area contributed by atoms with Crippen molar-refractivity contribution in [3.63, 3.8) is 0 Å². The zero-order valence-electron chi connectivity index (χ0n) is 11.6. The molecule has 3 aromatic rings. The van der Waals surface area contributed by atoms with Gasteiger partial charge in [-0.3, -0.25) is 14.5 Å². The van der Waals surface area contributed by atoms with Crippen LogP contribution in [0.3, 0.4) is 0 Å². The first-order chi connectivity index (χ1) is 10.7. The molecule has 1 N–H and O–H groups in total. The van der Waals surface area contributed by atoms with Gasteiger partial charge in [-0.25, -0.2) is 4.39 Å². The van der Waals surface area contributed by atoms with Crippen LogP contribution in [-0.2, 0) is 6.54 Å². The minimum atomic E-state index is -0.448. The van der Waals surface area contributed by atoms with Crippen LogP contribution in [-0.4, -0.2) is 20.7 Å². The molecule has 2 heterocycles. The summed E-state index contributed by atoms with van der Waals surface area (Å²) in [6, 6.07) is 11.0. The molecule has 0 fully saturated rings. The predicted octanol–water partition coefficient (Wildman–Crippen LogP) is 2.72. The minimum Gasteiger partial charge on any atom is -0.305 e. The Hall–Kier alpha value is -3.02. The molecule has 110 valence electrons. The monoisotopic (exact) mass is 296 g/mol. The van der Waals surface area contributed by atoms with Gasteiger partial charge in [0.2, 0.25) is 0 Å². The Balaban J connectivity index is 1.68. The van der Waals surface area contributed by atoms with Crippen molar-refractivity contribution in [1.29, 1.82) is 0 Å². The number of pyridine rings is 1. The van der Waals surface area contributed by atoms with Crippen LogP contribution in [0.15, 0.2) is 61.1 Å². The second-order valence-corrected chi connectivity index (χ2v) is 4.72. The fraction of sp³-hybridized carbons (Fsp3) is 0.0625. The summed E-state index contributed by atoms with van der Waals surface area (Å²) in [5.74, 6) is -0.423. The van der Waals surface area contributed by atoms with E-state index in [1.165, 1.54) is 18.2 Å². The van der Waals surface area contributed by atoms with E-state index >= 15 is 0 Å². The molecule has 0 spiro atoms. The molecule has 3 rings (SSSR count). The molecule has 0 saturated carbocycles. The van der Waals surface area contributed by atoms with Crippen molar-refractivity contribution in [1.82, 2.24) is 14.8 Å². The largest absolute Gasteiger partial charge is 0.305 e. The maximum Gasteiger partial charge on any atom is 0.256 e. The molecule has 0 aliphatic rings. The highest BCUT2D eigenvalue weighted by atomic mass is 19.1. The molecule has 0 atom stereocenters. The zero-order chi connectivity index (χ0) is 15.4. The van der Waals surface area contributed by atoms with E-state index in [1.807, 2.05) is 12.1 Å². The molecule has 0 bridgehead atoms. The van der Waals surface area contributed by atoms with Crippen molar-refractivity contribution in [3.8, 4) is 0 Å². The fourth-order valence-corrected chi connectivity index (χ4v) is 2.01. The number of nitrogens with one attached hydrogen (secondary N) is 1. The molecule has 6 heteroatoms. The van der Waals surface area contributed by atoms with Gasteiger partial charge in [0, 0.05) is 30.2 Å². The van der Waals surface area contributed by atoms with Gasteiger partial charge in [0.05, 0.1) is 6.54 Å². The number of hydrogen-bond acceptors (Lipinski definition) is 3. The van der Waals surface area contributed by atoms with Crippen molar-refractivity contribution in [2.24, 2.45) is 0 Å². The van der Waals surface area contributed by atoms with Crippen LogP contribution < -0.4 is 5.32 Å². The third kappa shape index (κ3) is 3.35. The number of anilines is 1. The molecule has 0 aliphatic heterocycles. The second kappa shape index (κ2) is 6.17. The standard InChI is InChI=1S/C16H13FN4O/c17-14-3-1-2-13(10-14)16(22)19-15-6-9-21(20-15)11-12-4-7-18-8-5-12/h1-10H,11H2,(H,19,20,22). The number of halogens is 1. The highest BCUT2D eigenvalue weighted by Crippen LogP contribution is 2.09. The third-order valence-corrected chi connectivity index (χ3v) is 3.06. The van der Waals surface area contributed by atoms with Gasteiger partial charge in [0.1, 0.15) is 5.82 Å². The lowest BCUT2D eigenvalue weighted by Gasteiger charge is -2.03. The molecular weight excluding hydrogens is 283 g/mol. The molecule has 1 amide bonds. The number of hydrogen-bond donors (Lipinski definition) is 1. The maximum absolute atomic E-state index is 13.1. The first-order valence-electron chi connectivity index (χ1n) is 6.70. The molecule has 22 heavy (non-hydrogen) atoms. The third-order valence-electron chi connectivity index (χ3n) is 3.06. The van der Waals surface area contributed by atoms with Gasteiger partial charge in [-0.2, -0.15) is 5.10 Å². The van der Waals surface area contributed by atoms with Gasteiger partial charge in [-0.15, -0.1) is 0 Å². The van der Waals surface area contributed by atoms with Crippen molar-refractivity contribution < 1.29 is 9.18 Å². The van der Waals surface area contributed by atoms with E-state index in [1.54, 1.807) is 35.4 Å². The van der Waals surface area contributed by atoms with Gasteiger partial charge in [0.15, 0.2) is 5.82 Å². The van der Waals surface area contributed by atoms with Crippen LogP contribution in [0.5, 0.6) is 0 Å². The summed E-state index contributed by atoms with van der Waals surface area (Å²) in [4.78, 5) is 16.0. The Morgan fingerprint density at radius 2 is 2.00 bits per heavy atom. The second-order valence-electron chi connectivity index (χ2n) is 4.72. The molecule has 0 saturated heterocycles.